The highest BCUT2D eigenvalue weighted by Crippen LogP contribution is 2.30. The Bertz CT molecular complexity index is 1040. The smallest absolute Gasteiger partial charge is 0.271 e. The van der Waals surface area contributed by atoms with Gasteiger partial charge in [-0.2, -0.15) is 5.26 Å². The quantitative estimate of drug-likeness (QED) is 0.471. The highest BCUT2D eigenvalue weighted by molar-refractivity contribution is 6.33. The Kier molecular flexibility index (Phi) is 5.98. The number of benzene rings is 1. The molecule has 0 radical (unpaired) electrons. The molecule has 1 aromatic heterocycles. The number of aliphatic imine (C=N–C) groups is 1. The van der Waals surface area contributed by atoms with E-state index in [1.54, 1.807) is 13.8 Å². The number of rotatable bonds is 5. The number of aromatic hydroxyl groups is 1. The number of nitrogens with zero attached hydrogens (tertiary/aromatic N) is 4. The number of hydrogen-bond donors (Lipinski definition) is 1. The first-order valence-electron chi connectivity index (χ1n) is 8.09. The van der Waals surface area contributed by atoms with E-state index in [1.807, 2.05) is 13.0 Å². The Labute approximate surface area is 160 Å². The summed E-state index contributed by atoms with van der Waals surface area (Å²) < 4.78 is 1.16. The lowest BCUT2D eigenvalue weighted by Crippen LogP contribution is -2.27. The van der Waals surface area contributed by atoms with Crippen molar-refractivity contribution in [1.82, 2.24) is 4.57 Å². The molecule has 0 aliphatic rings. The van der Waals surface area contributed by atoms with Crippen LogP contribution >= 0.6 is 11.6 Å². The molecule has 27 heavy (non-hydrogen) atoms. The van der Waals surface area contributed by atoms with Crippen molar-refractivity contribution in [3.8, 4) is 11.9 Å². The van der Waals surface area contributed by atoms with Crippen LogP contribution in [0.5, 0.6) is 5.88 Å². The Morgan fingerprint density at radius 1 is 1.52 bits per heavy atom. The molecule has 0 saturated carbocycles. The van der Waals surface area contributed by atoms with Crippen LogP contribution < -0.4 is 5.56 Å². The third-order valence-electron chi connectivity index (χ3n) is 4.30. The van der Waals surface area contributed by atoms with Gasteiger partial charge in [0.15, 0.2) is 0 Å². The van der Waals surface area contributed by atoms with Gasteiger partial charge in [0.2, 0.25) is 5.88 Å². The van der Waals surface area contributed by atoms with Crippen LogP contribution in [0, 0.1) is 28.4 Å². The molecule has 0 fully saturated rings. The molecule has 0 amide bonds. The maximum atomic E-state index is 12.5. The monoisotopic (exact) mass is 388 g/mol. The molecule has 1 atom stereocenters. The van der Waals surface area contributed by atoms with Gasteiger partial charge in [0.25, 0.3) is 11.2 Å². The van der Waals surface area contributed by atoms with E-state index in [0.29, 0.717) is 12.0 Å². The van der Waals surface area contributed by atoms with E-state index in [-0.39, 0.29) is 39.4 Å². The Balaban J connectivity index is 2.63. The molecular weight excluding hydrogens is 372 g/mol. The van der Waals surface area contributed by atoms with Gasteiger partial charge in [-0.1, -0.05) is 18.5 Å². The number of pyridine rings is 1. The molecule has 1 aromatic carbocycles. The summed E-state index contributed by atoms with van der Waals surface area (Å²) in [7, 11) is 0. The van der Waals surface area contributed by atoms with E-state index in [2.05, 4.69) is 4.99 Å². The zero-order valence-corrected chi connectivity index (χ0v) is 15.7. The molecule has 2 rings (SSSR count). The average molecular weight is 389 g/mol. The van der Waals surface area contributed by atoms with Gasteiger partial charge >= 0.3 is 0 Å². The van der Waals surface area contributed by atoms with Crippen molar-refractivity contribution in [2.24, 2.45) is 4.99 Å². The standard InChI is InChI=1S/C18H17ClN4O4/c1-4-10(2)22-17(24)13(8-20)11(3)14(18(22)25)9-21-16-6-5-12(23(26)27)7-15(16)19/h5-7,9-10,25H,4H2,1-3H3. The SMILES string of the molecule is CCC(C)n1c(O)c(C=Nc2ccc([N+](=O)[O-])cc2Cl)c(C)c(C#N)c1=O. The van der Waals surface area contributed by atoms with Gasteiger partial charge in [0.1, 0.15) is 11.6 Å². The first-order chi connectivity index (χ1) is 12.7. The average Bonchev–Trinajstić information content (AvgIpc) is 2.62. The fourth-order valence-corrected chi connectivity index (χ4v) is 2.76. The highest BCUT2D eigenvalue weighted by Gasteiger charge is 2.20. The van der Waals surface area contributed by atoms with Crippen molar-refractivity contribution in [3.05, 3.63) is 60.4 Å². The van der Waals surface area contributed by atoms with Gasteiger partial charge in [-0.15, -0.1) is 0 Å². The van der Waals surface area contributed by atoms with Gasteiger partial charge in [0, 0.05) is 24.4 Å². The summed E-state index contributed by atoms with van der Waals surface area (Å²) in [6, 6.07) is 5.35. The minimum atomic E-state index is -0.573. The third-order valence-corrected chi connectivity index (χ3v) is 4.60. The van der Waals surface area contributed by atoms with Crippen LogP contribution in [0.15, 0.2) is 28.0 Å². The summed E-state index contributed by atoms with van der Waals surface area (Å²) in [4.78, 5) is 26.8. The third kappa shape index (κ3) is 3.83. The molecule has 0 aliphatic heterocycles. The summed E-state index contributed by atoms with van der Waals surface area (Å²) in [5, 5.41) is 30.7. The van der Waals surface area contributed by atoms with Crippen LogP contribution in [-0.2, 0) is 0 Å². The predicted molar refractivity (Wildman–Crippen MR) is 102 cm³/mol. The lowest BCUT2D eigenvalue weighted by Gasteiger charge is -2.18. The summed E-state index contributed by atoms with van der Waals surface area (Å²) in [5.74, 6) is -0.298. The molecular formula is C18H17ClN4O4. The summed E-state index contributed by atoms with van der Waals surface area (Å²) >= 11 is 6.02. The van der Waals surface area contributed by atoms with Gasteiger partial charge in [0.05, 0.1) is 21.2 Å². The molecule has 0 aliphatic carbocycles. The number of nitro groups is 1. The second-order valence-corrected chi connectivity index (χ2v) is 6.34. The van der Waals surface area contributed by atoms with E-state index < -0.39 is 10.5 Å². The first-order valence-corrected chi connectivity index (χ1v) is 8.46. The van der Waals surface area contributed by atoms with Crippen molar-refractivity contribution in [3.63, 3.8) is 0 Å². The van der Waals surface area contributed by atoms with E-state index in [9.17, 15) is 25.3 Å². The first kappa shape index (κ1) is 20.1. The van der Waals surface area contributed by atoms with Crippen molar-refractivity contribution in [1.29, 1.82) is 5.26 Å². The number of halogens is 1. The van der Waals surface area contributed by atoms with E-state index in [4.69, 9.17) is 11.6 Å². The van der Waals surface area contributed by atoms with Crippen LogP contribution in [-0.4, -0.2) is 20.8 Å². The van der Waals surface area contributed by atoms with Gasteiger partial charge in [-0.25, -0.2) is 0 Å². The molecule has 2 aromatic rings. The normalized spacial score (nSPS) is 12.1. The van der Waals surface area contributed by atoms with E-state index in [1.165, 1.54) is 24.4 Å². The second kappa shape index (κ2) is 8.01. The topological polar surface area (TPSA) is 122 Å². The molecule has 1 unspecified atom stereocenters. The van der Waals surface area contributed by atoms with Crippen LogP contribution in [0.4, 0.5) is 11.4 Å². The van der Waals surface area contributed by atoms with Crippen molar-refractivity contribution < 1.29 is 10.0 Å². The molecule has 9 heteroatoms. The van der Waals surface area contributed by atoms with Gasteiger partial charge < -0.3 is 5.11 Å². The molecule has 8 nitrogen and oxygen atoms in total. The Morgan fingerprint density at radius 3 is 2.70 bits per heavy atom. The zero-order chi connectivity index (χ0) is 20.3. The van der Waals surface area contributed by atoms with Crippen molar-refractivity contribution >= 4 is 29.2 Å². The molecule has 140 valence electrons. The Hall–Kier alpha value is -3.18. The zero-order valence-electron chi connectivity index (χ0n) is 14.9. The summed E-state index contributed by atoms with van der Waals surface area (Å²) in [5.41, 5.74) is -0.0603. The number of nitriles is 1. The van der Waals surface area contributed by atoms with Crippen molar-refractivity contribution in [2.45, 2.75) is 33.2 Å². The van der Waals surface area contributed by atoms with E-state index in [0.717, 1.165) is 4.57 Å². The van der Waals surface area contributed by atoms with Crippen molar-refractivity contribution in [2.75, 3.05) is 0 Å². The molecule has 1 heterocycles. The molecule has 1 N–H and O–H groups in total. The predicted octanol–water partition coefficient (Wildman–Crippen LogP) is 4.02. The number of hydrogen-bond acceptors (Lipinski definition) is 6. The fraction of sp³-hybridized carbons (Fsp3) is 0.278. The number of non-ortho nitro benzene ring substituents is 1. The minimum Gasteiger partial charge on any atom is -0.494 e. The molecule has 0 spiro atoms. The number of aromatic nitrogens is 1. The van der Waals surface area contributed by atoms with Crippen LogP contribution in [0.2, 0.25) is 5.02 Å². The maximum Gasteiger partial charge on any atom is 0.271 e. The van der Waals surface area contributed by atoms with E-state index >= 15 is 0 Å². The Morgan fingerprint density at radius 2 is 2.19 bits per heavy atom. The number of nitro benzene ring substituents is 1. The fourth-order valence-electron chi connectivity index (χ4n) is 2.54. The van der Waals surface area contributed by atoms with Crippen LogP contribution in [0.1, 0.15) is 43.0 Å². The largest absolute Gasteiger partial charge is 0.494 e. The van der Waals surface area contributed by atoms with Gasteiger partial charge in [-0.05, 0) is 31.9 Å². The molecule has 0 bridgehead atoms. The summed E-state index contributed by atoms with van der Waals surface area (Å²) in [6.07, 6.45) is 1.86. The lowest BCUT2D eigenvalue weighted by atomic mass is 10.0. The second-order valence-electron chi connectivity index (χ2n) is 5.93. The summed E-state index contributed by atoms with van der Waals surface area (Å²) in [6.45, 7) is 5.15. The lowest BCUT2D eigenvalue weighted by molar-refractivity contribution is -0.384. The van der Waals surface area contributed by atoms with Crippen LogP contribution in [0.25, 0.3) is 0 Å². The van der Waals surface area contributed by atoms with Gasteiger partial charge in [-0.3, -0.25) is 24.5 Å². The van der Waals surface area contributed by atoms with Crippen LogP contribution in [0.3, 0.4) is 0 Å². The maximum absolute atomic E-state index is 12.5. The highest BCUT2D eigenvalue weighted by atomic mass is 35.5. The molecule has 0 saturated heterocycles. The minimum absolute atomic E-state index is 0.0633.